The molecule has 6 heteroatoms. The number of anilines is 1. The molecular weight excluding hydrogens is 289 g/mol. The van der Waals surface area contributed by atoms with Gasteiger partial charge >= 0.3 is 5.97 Å². The van der Waals surface area contributed by atoms with Crippen molar-refractivity contribution in [1.29, 1.82) is 0 Å². The van der Waals surface area contributed by atoms with Gasteiger partial charge in [-0.1, -0.05) is 12.1 Å². The molecule has 0 aromatic heterocycles. The van der Waals surface area contributed by atoms with Crippen molar-refractivity contribution >= 4 is 11.7 Å². The number of nitrogens with two attached hydrogens (primary N) is 1. The van der Waals surface area contributed by atoms with Crippen LogP contribution in [-0.2, 0) is 4.74 Å². The quantitative estimate of drug-likeness (QED) is 0.458. The molecule has 0 heterocycles. The molecule has 0 saturated heterocycles. The van der Waals surface area contributed by atoms with Crippen molar-refractivity contribution in [3.8, 4) is 5.75 Å². The van der Waals surface area contributed by atoms with Crippen molar-refractivity contribution in [2.24, 2.45) is 0 Å². The molecule has 0 spiro atoms. The molecule has 1 unspecified atom stereocenters. The number of aliphatic hydroxyl groups excluding tert-OH is 1. The summed E-state index contributed by atoms with van der Waals surface area (Å²) >= 11 is 0. The predicted molar refractivity (Wildman–Crippen MR) is 78.9 cm³/mol. The summed E-state index contributed by atoms with van der Waals surface area (Å²) in [6.45, 7) is 1.97. The lowest BCUT2D eigenvalue weighted by molar-refractivity contribution is 0.0526. The van der Waals surface area contributed by atoms with E-state index in [9.17, 15) is 19.4 Å². The molecule has 0 fully saturated rings. The second-order valence-electron chi connectivity index (χ2n) is 4.68. The summed E-state index contributed by atoms with van der Waals surface area (Å²) in [4.78, 5) is 11.5. The zero-order valence-electron chi connectivity index (χ0n) is 11.9. The normalized spacial score (nSPS) is 12.0. The second kappa shape index (κ2) is 6.44. The molecular formula is C16H16FNO4. The number of halogens is 1. The molecule has 5 nitrogen and oxygen atoms in total. The van der Waals surface area contributed by atoms with Crippen LogP contribution < -0.4 is 5.73 Å². The van der Waals surface area contributed by atoms with Crippen LogP contribution >= 0.6 is 0 Å². The Hall–Kier alpha value is -2.60. The fourth-order valence-corrected chi connectivity index (χ4v) is 2.05. The number of carbonyl (C=O) groups excluding carboxylic acids is 1. The number of aliphatic hydroxyl groups is 1. The Labute approximate surface area is 126 Å². The third-order valence-electron chi connectivity index (χ3n) is 3.17. The lowest BCUT2D eigenvalue weighted by Crippen LogP contribution is -2.06. The van der Waals surface area contributed by atoms with Crippen molar-refractivity contribution in [2.45, 2.75) is 13.0 Å². The highest BCUT2D eigenvalue weighted by Gasteiger charge is 2.18. The molecule has 0 bridgehead atoms. The molecule has 116 valence electrons. The van der Waals surface area contributed by atoms with Crippen LogP contribution in [0.15, 0.2) is 36.4 Å². The first-order chi connectivity index (χ1) is 10.4. The summed E-state index contributed by atoms with van der Waals surface area (Å²) < 4.78 is 18.2. The van der Waals surface area contributed by atoms with Crippen LogP contribution in [0.2, 0.25) is 0 Å². The zero-order valence-corrected chi connectivity index (χ0v) is 11.9. The molecule has 0 aliphatic carbocycles. The Balaban J connectivity index is 2.30. The zero-order chi connectivity index (χ0) is 16.3. The van der Waals surface area contributed by atoms with E-state index in [2.05, 4.69) is 0 Å². The number of rotatable bonds is 4. The number of hydrogen-bond acceptors (Lipinski definition) is 5. The molecule has 22 heavy (non-hydrogen) atoms. The third kappa shape index (κ3) is 3.17. The predicted octanol–water partition coefficient (Wildman–Crippen LogP) is 2.37. The first-order valence-corrected chi connectivity index (χ1v) is 6.67. The van der Waals surface area contributed by atoms with Crippen molar-refractivity contribution in [3.63, 3.8) is 0 Å². The minimum absolute atomic E-state index is 0.0404. The Morgan fingerprint density at radius 1 is 1.32 bits per heavy atom. The monoisotopic (exact) mass is 305 g/mol. The Morgan fingerprint density at radius 3 is 2.55 bits per heavy atom. The van der Waals surface area contributed by atoms with Crippen LogP contribution in [0.25, 0.3) is 0 Å². The number of nitrogen functional groups attached to an aromatic ring is 1. The van der Waals surface area contributed by atoms with Gasteiger partial charge in [0.15, 0.2) is 0 Å². The van der Waals surface area contributed by atoms with Gasteiger partial charge in [0.2, 0.25) is 0 Å². The maximum atomic E-state index is 13.4. The number of benzene rings is 2. The van der Waals surface area contributed by atoms with E-state index in [0.29, 0.717) is 11.1 Å². The summed E-state index contributed by atoms with van der Waals surface area (Å²) in [6.07, 6.45) is -1.27. The number of phenols is 1. The summed E-state index contributed by atoms with van der Waals surface area (Å²) in [5.74, 6) is -1.50. The molecule has 2 aromatic carbocycles. The van der Waals surface area contributed by atoms with Gasteiger partial charge < -0.3 is 20.7 Å². The molecule has 0 aliphatic heterocycles. The Kier molecular flexibility index (Phi) is 4.62. The highest BCUT2D eigenvalue weighted by Crippen LogP contribution is 2.34. The Morgan fingerprint density at radius 2 is 1.95 bits per heavy atom. The maximum absolute atomic E-state index is 13.4. The number of esters is 1. The maximum Gasteiger partial charge on any atom is 0.338 e. The molecule has 1 atom stereocenters. The Bertz CT molecular complexity index is 685. The lowest BCUT2D eigenvalue weighted by atomic mass is 9.99. The van der Waals surface area contributed by atoms with Crippen molar-refractivity contribution < 1.29 is 24.1 Å². The standard InChI is InChI=1S/C16H16FNO4/c1-2-22-16(21)10-5-3-9(4-6-10)14(19)12-7-11(17)8-13(18)15(12)20/h3-8,14,19-20H,2,18H2,1H3. The molecule has 4 N–H and O–H groups in total. The topological polar surface area (TPSA) is 92.8 Å². The van der Waals surface area contributed by atoms with E-state index in [0.717, 1.165) is 12.1 Å². The minimum atomic E-state index is -1.27. The number of aromatic hydroxyl groups is 1. The summed E-state index contributed by atoms with van der Waals surface area (Å²) in [5, 5.41) is 20.1. The van der Waals surface area contributed by atoms with Crippen LogP contribution in [0.1, 0.15) is 34.5 Å². The van der Waals surface area contributed by atoms with E-state index < -0.39 is 17.9 Å². The van der Waals surface area contributed by atoms with E-state index in [1.807, 2.05) is 0 Å². The van der Waals surface area contributed by atoms with E-state index in [1.54, 1.807) is 6.92 Å². The molecule has 0 saturated carbocycles. The van der Waals surface area contributed by atoms with Crippen LogP contribution in [-0.4, -0.2) is 22.8 Å². The van der Waals surface area contributed by atoms with Gasteiger partial charge in [-0.25, -0.2) is 9.18 Å². The van der Waals surface area contributed by atoms with E-state index in [1.165, 1.54) is 24.3 Å². The molecule has 2 aromatic rings. The van der Waals surface area contributed by atoms with Gasteiger partial charge in [-0.15, -0.1) is 0 Å². The van der Waals surface area contributed by atoms with Crippen LogP contribution in [0.4, 0.5) is 10.1 Å². The molecule has 0 amide bonds. The minimum Gasteiger partial charge on any atom is -0.505 e. The van der Waals surface area contributed by atoms with Gasteiger partial charge in [0.1, 0.15) is 17.7 Å². The van der Waals surface area contributed by atoms with Crippen molar-refractivity contribution in [2.75, 3.05) is 12.3 Å². The fraction of sp³-hybridized carbons (Fsp3) is 0.188. The summed E-state index contributed by atoms with van der Waals surface area (Å²) in [5.41, 5.74) is 5.99. The van der Waals surface area contributed by atoms with Gasteiger partial charge in [-0.05, 0) is 30.7 Å². The molecule has 2 rings (SSSR count). The first-order valence-electron chi connectivity index (χ1n) is 6.67. The summed E-state index contributed by atoms with van der Waals surface area (Å²) in [6, 6.07) is 7.94. The van der Waals surface area contributed by atoms with Crippen LogP contribution in [0.5, 0.6) is 5.75 Å². The van der Waals surface area contributed by atoms with Crippen molar-refractivity contribution in [3.05, 3.63) is 58.9 Å². The highest BCUT2D eigenvalue weighted by molar-refractivity contribution is 5.89. The molecule has 0 aliphatic rings. The van der Waals surface area contributed by atoms with Gasteiger partial charge in [0.25, 0.3) is 0 Å². The average Bonchev–Trinajstić information content (AvgIpc) is 2.50. The largest absolute Gasteiger partial charge is 0.505 e. The second-order valence-corrected chi connectivity index (χ2v) is 4.68. The third-order valence-corrected chi connectivity index (χ3v) is 3.17. The lowest BCUT2D eigenvalue weighted by Gasteiger charge is -2.15. The number of hydrogen-bond donors (Lipinski definition) is 3. The number of carbonyl (C=O) groups is 1. The SMILES string of the molecule is CCOC(=O)c1ccc(C(O)c2cc(F)cc(N)c2O)cc1. The van der Waals surface area contributed by atoms with Crippen molar-refractivity contribution in [1.82, 2.24) is 0 Å². The van der Waals surface area contributed by atoms with Gasteiger partial charge in [-0.2, -0.15) is 0 Å². The van der Waals surface area contributed by atoms with Gasteiger partial charge in [-0.3, -0.25) is 0 Å². The number of phenolic OH excluding ortho intramolecular Hbond substituents is 1. The first kappa shape index (κ1) is 15.8. The van der Waals surface area contributed by atoms with Gasteiger partial charge in [0, 0.05) is 11.6 Å². The van der Waals surface area contributed by atoms with E-state index >= 15 is 0 Å². The smallest absolute Gasteiger partial charge is 0.338 e. The number of ether oxygens (including phenoxy) is 1. The average molecular weight is 305 g/mol. The van der Waals surface area contributed by atoms with E-state index in [4.69, 9.17) is 10.5 Å². The van der Waals surface area contributed by atoms with Crippen LogP contribution in [0, 0.1) is 5.82 Å². The van der Waals surface area contributed by atoms with E-state index in [-0.39, 0.29) is 23.6 Å². The molecule has 0 radical (unpaired) electrons. The fourth-order valence-electron chi connectivity index (χ4n) is 2.05. The summed E-state index contributed by atoms with van der Waals surface area (Å²) in [7, 11) is 0. The highest BCUT2D eigenvalue weighted by atomic mass is 19.1. The van der Waals surface area contributed by atoms with Gasteiger partial charge in [0.05, 0.1) is 17.9 Å². The van der Waals surface area contributed by atoms with Crippen LogP contribution in [0.3, 0.4) is 0 Å².